The number of aryl methyl sites for hydroxylation is 2. The van der Waals surface area contributed by atoms with Crippen molar-refractivity contribution in [2.75, 3.05) is 39.5 Å². The fourth-order valence-corrected chi connectivity index (χ4v) is 7.55. The van der Waals surface area contributed by atoms with Crippen LogP contribution in [0.5, 0.6) is 5.88 Å². The van der Waals surface area contributed by atoms with Crippen molar-refractivity contribution in [1.82, 2.24) is 33.1 Å². The summed E-state index contributed by atoms with van der Waals surface area (Å²) in [6.45, 7) is 6.92. The van der Waals surface area contributed by atoms with Gasteiger partial charge in [0.2, 0.25) is 15.9 Å². The summed E-state index contributed by atoms with van der Waals surface area (Å²) in [5, 5.41) is 5.01. The molecule has 0 radical (unpaired) electrons. The third-order valence-corrected chi connectivity index (χ3v) is 10.5. The predicted molar refractivity (Wildman–Crippen MR) is 170 cm³/mol. The maximum absolute atomic E-state index is 13.3. The molecule has 1 fully saturated rings. The molecule has 4 aromatic rings. The molecule has 0 bridgehead atoms. The Labute approximate surface area is 260 Å². The van der Waals surface area contributed by atoms with Crippen molar-refractivity contribution >= 4 is 37.1 Å². The first kappa shape index (κ1) is 30.0. The molecule has 11 nitrogen and oxygen atoms in total. The maximum Gasteiger partial charge on any atom is 0.330 e. The summed E-state index contributed by atoms with van der Waals surface area (Å²) in [6.07, 6.45) is 4.62. The number of aromatic nitrogens is 5. The topological polar surface area (TPSA) is 107 Å². The van der Waals surface area contributed by atoms with Gasteiger partial charge in [0.25, 0.3) is 0 Å². The molecule has 3 aromatic heterocycles. The second-order valence-electron chi connectivity index (χ2n) is 11.4. The third kappa shape index (κ3) is 5.92. The molecule has 0 atom stereocenters. The monoisotopic (exact) mass is 671 g/mol. The van der Waals surface area contributed by atoms with Crippen LogP contribution in [0.3, 0.4) is 0 Å². The van der Waals surface area contributed by atoms with Gasteiger partial charge in [-0.3, -0.25) is 13.8 Å². The van der Waals surface area contributed by atoms with Crippen molar-refractivity contribution in [3.8, 4) is 17.1 Å². The SMILES string of the molecule is CCn1c(=O)n(C2CCN(CCCn3nc(-c4ccc(Br)cc4)c4c3CCN(S(C)(=O)=O)C4)CC2)c2nc(OC)ccc21. The van der Waals surface area contributed by atoms with Gasteiger partial charge in [-0.15, -0.1) is 0 Å². The molecule has 0 amide bonds. The number of likely N-dealkylation sites (tertiary alicyclic amines) is 1. The summed E-state index contributed by atoms with van der Waals surface area (Å²) >= 11 is 3.50. The molecule has 13 heteroatoms. The van der Waals surface area contributed by atoms with Gasteiger partial charge in [0.1, 0.15) is 0 Å². The molecule has 1 aromatic carbocycles. The number of ether oxygens (including phenoxy) is 1. The second-order valence-corrected chi connectivity index (χ2v) is 14.3. The summed E-state index contributed by atoms with van der Waals surface area (Å²) in [7, 11) is -1.70. The first-order valence-corrected chi connectivity index (χ1v) is 17.5. The summed E-state index contributed by atoms with van der Waals surface area (Å²) in [4.78, 5) is 20.4. The Bertz CT molecular complexity index is 1790. The lowest BCUT2D eigenvalue weighted by atomic mass is 10.0. The highest BCUT2D eigenvalue weighted by Crippen LogP contribution is 2.32. The van der Waals surface area contributed by atoms with Crippen LogP contribution in [0.2, 0.25) is 0 Å². The molecule has 5 heterocycles. The average molecular weight is 673 g/mol. The van der Waals surface area contributed by atoms with Crippen LogP contribution in [0.1, 0.15) is 43.5 Å². The Kier molecular flexibility index (Phi) is 8.51. The number of hydrogen-bond acceptors (Lipinski definition) is 7. The van der Waals surface area contributed by atoms with Gasteiger partial charge in [-0.2, -0.15) is 14.4 Å². The van der Waals surface area contributed by atoms with E-state index in [4.69, 9.17) is 9.84 Å². The Morgan fingerprint density at radius 1 is 1.05 bits per heavy atom. The first-order chi connectivity index (χ1) is 20.7. The molecule has 0 N–H and O–H groups in total. The quantitative estimate of drug-likeness (QED) is 0.266. The number of pyridine rings is 1. The van der Waals surface area contributed by atoms with Gasteiger partial charge in [0, 0.05) is 79.1 Å². The van der Waals surface area contributed by atoms with Crippen LogP contribution in [0.15, 0.2) is 45.7 Å². The van der Waals surface area contributed by atoms with Crippen LogP contribution in [-0.4, -0.2) is 81.1 Å². The van der Waals surface area contributed by atoms with Gasteiger partial charge in [-0.05, 0) is 50.9 Å². The highest BCUT2D eigenvalue weighted by Gasteiger charge is 2.30. The first-order valence-electron chi connectivity index (χ1n) is 14.9. The van der Waals surface area contributed by atoms with Gasteiger partial charge in [-0.25, -0.2) is 13.2 Å². The van der Waals surface area contributed by atoms with E-state index in [2.05, 4.69) is 30.5 Å². The van der Waals surface area contributed by atoms with Gasteiger partial charge >= 0.3 is 5.69 Å². The number of sulfonamides is 1. The Hall–Kier alpha value is -3.00. The smallest absolute Gasteiger partial charge is 0.330 e. The van der Waals surface area contributed by atoms with Crippen LogP contribution in [-0.2, 0) is 36.1 Å². The van der Waals surface area contributed by atoms with E-state index in [0.717, 1.165) is 77.9 Å². The van der Waals surface area contributed by atoms with Crippen LogP contribution in [0.25, 0.3) is 22.4 Å². The van der Waals surface area contributed by atoms with Crippen molar-refractivity contribution in [2.24, 2.45) is 0 Å². The van der Waals surface area contributed by atoms with Crippen LogP contribution in [0, 0.1) is 0 Å². The fraction of sp³-hybridized carbons (Fsp3) is 0.500. The summed E-state index contributed by atoms with van der Waals surface area (Å²) < 4.78 is 38.3. The molecule has 0 spiro atoms. The summed E-state index contributed by atoms with van der Waals surface area (Å²) in [6, 6.07) is 11.9. The van der Waals surface area contributed by atoms with Crippen molar-refractivity contribution in [1.29, 1.82) is 0 Å². The van der Waals surface area contributed by atoms with E-state index in [-0.39, 0.29) is 11.7 Å². The highest BCUT2D eigenvalue weighted by atomic mass is 79.9. The minimum Gasteiger partial charge on any atom is -0.481 e. The van der Waals surface area contributed by atoms with E-state index in [1.165, 1.54) is 6.26 Å². The molecule has 2 aliphatic heterocycles. The largest absolute Gasteiger partial charge is 0.481 e. The minimum absolute atomic E-state index is 0.00354. The van der Waals surface area contributed by atoms with Gasteiger partial charge in [0.15, 0.2) is 5.65 Å². The summed E-state index contributed by atoms with van der Waals surface area (Å²) in [5.74, 6) is 0.514. The van der Waals surface area contributed by atoms with Crippen LogP contribution in [0.4, 0.5) is 0 Å². The molecule has 0 unspecified atom stereocenters. The molecule has 0 saturated carbocycles. The molecule has 0 aliphatic carbocycles. The summed E-state index contributed by atoms with van der Waals surface area (Å²) in [5.41, 5.74) is 5.52. The zero-order valence-corrected chi connectivity index (χ0v) is 27.3. The number of imidazole rings is 1. The Balaban J connectivity index is 1.14. The van der Waals surface area contributed by atoms with Crippen molar-refractivity contribution in [2.45, 2.75) is 58.3 Å². The average Bonchev–Trinajstić information content (AvgIpc) is 3.50. The van der Waals surface area contributed by atoms with Gasteiger partial charge in [0.05, 0.1) is 24.6 Å². The zero-order chi connectivity index (χ0) is 30.3. The molecular weight excluding hydrogens is 634 g/mol. The number of nitrogens with zero attached hydrogens (tertiary/aromatic N) is 7. The van der Waals surface area contributed by atoms with Crippen molar-refractivity contribution in [3.05, 3.63) is 62.6 Å². The van der Waals surface area contributed by atoms with E-state index in [1.807, 2.05) is 41.8 Å². The molecule has 43 heavy (non-hydrogen) atoms. The highest BCUT2D eigenvalue weighted by molar-refractivity contribution is 9.10. The predicted octanol–water partition coefficient (Wildman–Crippen LogP) is 3.90. The normalized spacial score (nSPS) is 17.0. The van der Waals surface area contributed by atoms with E-state index >= 15 is 0 Å². The van der Waals surface area contributed by atoms with Gasteiger partial charge in [-0.1, -0.05) is 28.1 Å². The lowest BCUT2D eigenvalue weighted by molar-refractivity contribution is 0.181. The van der Waals surface area contributed by atoms with E-state index in [0.29, 0.717) is 37.6 Å². The zero-order valence-electron chi connectivity index (χ0n) is 24.9. The number of benzene rings is 1. The standard InChI is InChI=1S/C30H38BrN7O4S/c1-4-36-26-10-11-27(42-2)32-29(26)38(30(36)39)23-12-17-34(18-13-23)15-5-16-37-25-14-19-35(43(3,40)41)20-24(25)28(33-37)21-6-8-22(31)9-7-21/h6-11,23H,4-5,12-20H2,1-3H3. The minimum atomic E-state index is -3.29. The van der Waals surface area contributed by atoms with E-state index < -0.39 is 10.0 Å². The number of methoxy groups -OCH3 is 1. The van der Waals surface area contributed by atoms with Crippen molar-refractivity contribution < 1.29 is 13.2 Å². The Morgan fingerprint density at radius 2 is 1.79 bits per heavy atom. The van der Waals surface area contributed by atoms with E-state index in [9.17, 15) is 13.2 Å². The molecule has 1 saturated heterocycles. The van der Waals surface area contributed by atoms with E-state index in [1.54, 1.807) is 22.0 Å². The lowest BCUT2D eigenvalue weighted by Crippen LogP contribution is -2.38. The lowest BCUT2D eigenvalue weighted by Gasteiger charge is -2.32. The van der Waals surface area contributed by atoms with Crippen LogP contribution < -0.4 is 10.4 Å². The molecular formula is C30H38BrN7O4S. The van der Waals surface area contributed by atoms with Gasteiger partial charge < -0.3 is 9.64 Å². The number of hydrogen-bond donors (Lipinski definition) is 0. The van der Waals surface area contributed by atoms with Crippen molar-refractivity contribution in [3.63, 3.8) is 0 Å². The number of rotatable bonds is 9. The number of piperidine rings is 1. The van der Waals surface area contributed by atoms with Crippen LogP contribution >= 0.6 is 15.9 Å². The molecule has 230 valence electrons. The maximum atomic E-state index is 13.3. The fourth-order valence-electron chi connectivity index (χ4n) is 6.50. The third-order valence-electron chi connectivity index (χ3n) is 8.76. The number of fused-ring (bicyclic) bond motifs is 2. The number of halogens is 1. The Morgan fingerprint density at radius 3 is 2.47 bits per heavy atom. The second kappa shape index (κ2) is 12.2. The molecule has 2 aliphatic rings. The molecule has 6 rings (SSSR count).